The third-order valence-electron chi connectivity index (χ3n) is 2.40. The lowest BCUT2D eigenvalue weighted by Crippen LogP contribution is -2.18. The predicted octanol–water partition coefficient (Wildman–Crippen LogP) is 1.84. The van der Waals surface area contributed by atoms with E-state index in [2.05, 4.69) is 10.6 Å². The van der Waals surface area contributed by atoms with Crippen LogP contribution in [-0.2, 0) is 4.79 Å². The molecule has 2 rings (SSSR count). The van der Waals surface area contributed by atoms with Gasteiger partial charge in [0, 0.05) is 12.5 Å². The second kappa shape index (κ2) is 3.81. The molecule has 1 aliphatic rings. The van der Waals surface area contributed by atoms with Crippen molar-refractivity contribution >= 4 is 17.3 Å². The summed E-state index contributed by atoms with van der Waals surface area (Å²) in [5.74, 6) is 0.695. The number of fused-ring (bicyclic) bond motifs is 1. The Morgan fingerprint density at radius 3 is 3.00 bits per heavy atom. The fraction of sp³-hybridized carbons (Fsp3) is 0.364. The van der Waals surface area contributed by atoms with Crippen LogP contribution in [0.15, 0.2) is 18.2 Å². The van der Waals surface area contributed by atoms with Crippen molar-refractivity contribution in [2.45, 2.75) is 19.4 Å². The van der Waals surface area contributed by atoms with E-state index in [0.717, 1.165) is 11.4 Å². The van der Waals surface area contributed by atoms with Gasteiger partial charge in [0.2, 0.25) is 5.91 Å². The number of anilines is 2. The molecule has 1 amide bonds. The number of hydrogen-bond acceptors (Lipinski definition) is 3. The predicted molar refractivity (Wildman–Crippen MR) is 59.3 cm³/mol. The Kier molecular flexibility index (Phi) is 2.49. The Morgan fingerprint density at radius 1 is 1.47 bits per heavy atom. The zero-order valence-electron chi connectivity index (χ0n) is 8.83. The number of nitrogens with one attached hydrogen (secondary N) is 2. The second-order valence-electron chi connectivity index (χ2n) is 3.68. The molecule has 0 fully saturated rings. The first-order chi connectivity index (χ1) is 7.20. The summed E-state index contributed by atoms with van der Waals surface area (Å²) >= 11 is 0. The molecule has 0 aliphatic carbocycles. The van der Waals surface area contributed by atoms with Gasteiger partial charge in [-0.25, -0.2) is 0 Å². The van der Waals surface area contributed by atoms with Crippen molar-refractivity contribution in [2.24, 2.45) is 0 Å². The molecule has 1 aliphatic heterocycles. The summed E-state index contributed by atoms with van der Waals surface area (Å²) in [5.41, 5.74) is 1.64. The molecule has 0 aromatic heterocycles. The van der Waals surface area contributed by atoms with Gasteiger partial charge < -0.3 is 15.4 Å². The van der Waals surface area contributed by atoms with Gasteiger partial charge in [-0.3, -0.25) is 4.79 Å². The summed E-state index contributed by atoms with van der Waals surface area (Å²) in [6, 6.07) is 5.80. The first kappa shape index (κ1) is 9.83. The molecular weight excluding hydrogens is 192 g/mol. The summed E-state index contributed by atoms with van der Waals surface area (Å²) in [4.78, 5) is 11.5. The first-order valence-electron chi connectivity index (χ1n) is 4.94. The van der Waals surface area contributed by atoms with Crippen LogP contribution in [-0.4, -0.2) is 19.1 Å². The highest BCUT2D eigenvalue weighted by Gasteiger charge is 2.19. The Morgan fingerprint density at radius 2 is 2.27 bits per heavy atom. The summed E-state index contributed by atoms with van der Waals surface area (Å²) < 4.78 is 5.20. The molecule has 0 bridgehead atoms. The number of para-hydroxylation sites is 1. The van der Waals surface area contributed by atoms with E-state index in [9.17, 15) is 4.79 Å². The number of benzene rings is 1. The molecular formula is C11H14N2O2. The Bertz CT molecular complexity index is 390. The number of hydrogen-bond donors (Lipinski definition) is 2. The molecule has 0 spiro atoms. The normalized spacial score (nSPS) is 19.6. The van der Waals surface area contributed by atoms with Crippen molar-refractivity contribution in [1.29, 1.82) is 0 Å². The quantitative estimate of drug-likeness (QED) is 0.737. The number of amides is 1. The van der Waals surface area contributed by atoms with Crippen LogP contribution in [0.4, 0.5) is 11.4 Å². The zero-order chi connectivity index (χ0) is 10.8. The zero-order valence-corrected chi connectivity index (χ0v) is 8.83. The minimum Gasteiger partial charge on any atom is -0.494 e. The first-order valence-corrected chi connectivity index (χ1v) is 4.94. The topological polar surface area (TPSA) is 50.4 Å². The van der Waals surface area contributed by atoms with Gasteiger partial charge in [-0.05, 0) is 19.1 Å². The molecule has 1 atom stereocenters. The average Bonchev–Trinajstić information content (AvgIpc) is 2.33. The van der Waals surface area contributed by atoms with Crippen LogP contribution in [0.1, 0.15) is 13.3 Å². The van der Waals surface area contributed by atoms with Crippen molar-refractivity contribution < 1.29 is 9.53 Å². The van der Waals surface area contributed by atoms with E-state index in [1.54, 1.807) is 7.11 Å². The lowest BCUT2D eigenvalue weighted by molar-refractivity contribution is -0.116. The molecule has 1 aromatic carbocycles. The van der Waals surface area contributed by atoms with Crippen molar-refractivity contribution in [3.8, 4) is 5.75 Å². The third kappa shape index (κ3) is 1.88. The van der Waals surface area contributed by atoms with Crippen LogP contribution >= 0.6 is 0 Å². The van der Waals surface area contributed by atoms with E-state index in [4.69, 9.17) is 4.74 Å². The van der Waals surface area contributed by atoms with Gasteiger partial charge in [-0.15, -0.1) is 0 Å². The highest BCUT2D eigenvalue weighted by Crippen LogP contribution is 2.34. The van der Waals surface area contributed by atoms with Gasteiger partial charge in [0.1, 0.15) is 11.4 Å². The van der Waals surface area contributed by atoms with Crippen LogP contribution < -0.4 is 15.4 Å². The van der Waals surface area contributed by atoms with E-state index < -0.39 is 0 Å². The maximum Gasteiger partial charge on any atom is 0.226 e. The largest absolute Gasteiger partial charge is 0.494 e. The van der Waals surface area contributed by atoms with Gasteiger partial charge in [-0.1, -0.05) is 6.07 Å². The molecule has 1 aromatic rings. The maximum atomic E-state index is 11.5. The number of ether oxygens (including phenoxy) is 1. The Hall–Kier alpha value is -1.71. The van der Waals surface area contributed by atoms with Crippen LogP contribution in [0.25, 0.3) is 0 Å². The molecule has 0 radical (unpaired) electrons. The van der Waals surface area contributed by atoms with E-state index >= 15 is 0 Å². The summed E-state index contributed by atoms with van der Waals surface area (Å²) in [6.07, 6.45) is 0.470. The van der Waals surface area contributed by atoms with E-state index in [1.165, 1.54) is 0 Å². The average molecular weight is 206 g/mol. The van der Waals surface area contributed by atoms with E-state index in [0.29, 0.717) is 12.2 Å². The molecule has 15 heavy (non-hydrogen) atoms. The number of rotatable bonds is 1. The minimum atomic E-state index is 0.0123. The van der Waals surface area contributed by atoms with Gasteiger partial charge in [-0.2, -0.15) is 0 Å². The van der Waals surface area contributed by atoms with Crippen molar-refractivity contribution in [3.63, 3.8) is 0 Å². The van der Waals surface area contributed by atoms with Crippen molar-refractivity contribution in [3.05, 3.63) is 18.2 Å². The van der Waals surface area contributed by atoms with E-state index in [1.807, 2.05) is 25.1 Å². The van der Waals surface area contributed by atoms with Gasteiger partial charge in [0.15, 0.2) is 0 Å². The maximum absolute atomic E-state index is 11.5. The minimum absolute atomic E-state index is 0.0123. The summed E-state index contributed by atoms with van der Waals surface area (Å²) in [7, 11) is 1.59. The number of methoxy groups -OCH3 is 1. The fourth-order valence-corrected chi connectivity index (χ4v) is 1.74. The van der Waals surface area contributed by atoms with Crippen LogP contribution in [0.5, 0.6) is 5.75 Å². The standard InChI is InChI=1S/C11H14N2O2/c1-7-6-10(14)13-11-8(12-7)4-3-5-9(11)15-2/h3-5,7,12H,6H2,1-2H3,(H,13,14). The van der Waals surface area contributed by atoms with Crippen LogP contribution in [0, 0.1) is 0 Å². The molecule has 1 heterocycles. The van der Waals surface area contributed by atoms with E-state index in [-0.39, 0.29) is 11.9 Å². The summed E-state index contributed by atoms with van der Waals surface area (Å²) in [6.45, 7) is 1.98. The van der Waals surface area contributed by atoms with Gasteiger partial charge in [0.05, 0.1) is 12.8 Å². The lowest BCUT2D eigenvalue weighted by Gasteiger charge is -2.13. The highest BCUT2D eigenvalue weighted by atomic mass is 16.5. The number of carbonyl (C=O) groups excluding carboxylic acids is 1. The molecule has 4 nitrogen and oxygen atoms in total. The lowest BCUT2D eigenvalue weighted by atomic mass is 10.2. The summed E-state index contributed by atoms with van der Waals surface area (Å²) in [5, 5.41) is 6.11. The monoisotopic (exact) mass is 206 g/mol. The van der Waals surface area contributed by atoms with Gasteiger partial charge >= 0.3 is 0 Å². The van der Waals surface area contributed by atoms with Crippen molar-refractivity contribution in [2.75, 3.05) is 17.7 Å². The third-order valence-corrected chi connectivity index (χ3v) is 2.40. The molecule has 4 heteroatoms. The Labute approximate surface area is 88.6 Å². The molecule has 1 unspecified atom stereocenters. The smallest absolute Gasteiger partial charge is 0.226 e. The van der Waals surface area contributed by atoms with Gasteiger partial charge in [0.25, 0.3) is 0 Å². The van der Waals surface area contributed by atoms with Crippen LogP contribution in [0.3, 0.4) is 0 Å². The second-order valence-corrected chi connectivity index (χ2v) is 3.68. The number of carbonyl (C=O) groups is 1. The van der Waals surface area contributed by atoms with Crippen LogP contribution in [0.2, 0.25) is 0 Å². The molecule has 2 N–H and O–H groups in total. The highest BCUT2D eigenvalue weighted by molar-refractivity contribution is 5.98. The van der Waals surface area contributed by atoms with Crippen molar-refractivity contribution in [1.82, 2.24) is 0 Å². The SMILES string of the molecule is COc1cccc2c1NC(=O)CC(C)N2. The molecule has 0 saturated heterocycles. The molecule has 0 saturated carbocycles. The fourth-order valence-electron chi connectivity index (χ4n) is 1.74. The molecule has 80 valence electrons. The Balaban J connectivity index is 2.45.